The van der Waals surface area contributed by atoms with Crippen LogP contribution >= 0.6 is 0 Å². The number of carbonyl (C=O) groups is 2. The van der Waals surface area contributed by atoms with Gasteiger partial charge in [-0.25, -0.2) is 0 Å². The highest BCUT2D eigenvalue weighted by Gasteiger charge is 2.11. The number of anilines is 1. The standard InChI is InChI=1S/C26H28N2O3/c1-18(29)19-6-8-20(9-7-19)21-10-13-24(14-11-21)28-26(30)23-12-15-25(31-3)22(17-23)5-4-16-27-2/h6-15,17,27H,4-5,16H2,1-3H3,(H,28,30). The zero-order chi connectivity index (χ0) is 22.2. The molecule has 0 spiro atoms. The summed E-state index contributed by atoms with van der Waals surface area (Å²) >= 11 is 0. The smallest absolute Gasteiger partial charge is 0.255 e. The largest absolute Gasteiger partial charge is 0.496 e. The van der Waals surface area contributed by atoms with Crippen LogP contribution in [0.25, 0.3) is 11.1 Å². The lowest BCUT2D eigenvalue weighted by Crippen LogP contribution is -2.13. The van der Waals surface area contributed by atoms with Crippen molar-refractivity contribution in [1.29, 1.82) is 0 Å². The van der Waals surface area contributed by atoms with Crippen LogP contribution in [-0.4, -0.2) is 32.4 Å². The number of hydrogen-bond acceptors (Lipinski definition) is 4. The highest BCUT2D eigenvalue weighted by molar-refractivity contribution is 6.04. The number of methoxy groups -OCH3 is 1. The summed E-state index contributed by atoms with van der Waals surface area (Å²) in [5.74, 6) is 0.692. The van der Waals surface area contributed by atoms with Crippen LogP contribution in [0.5, 0.6) is 5.75 Å². The zero-order valence-electron chi connectivity index (χ0n) is 18.2. The average molecular weight is 417 g/mol. The molecule has 0 aliphatic carbocycles. The molecule has 3 rings (SSSR count). The number of amides is 1. The lowest BCUT2D eigenvalue weighted by molar-refractivity contribution is 0.101. The molecule has 3 aromatic rings. The molecule has 2 N–H and O–H groups in total. The molecule has 0 aliphatic heterocycles. The minimum absolute atomic E-state index is 0.0494. The number of rotatable bonds is 9. The summed E-state index contributed by atoms with van der Waals surface area (Å²) in [5.41, 5.74) is 5.08. The summed E-state index contributed by atoms with van der Waals surface area (Å²) in [6.45, 7) is 2.46. The maximum absolute atomic E-state index is 12.8. The highest BCUT2D eigenvalue weighted by Crippen LogP contribution is 2.24. The molecule has 0 bridgehead atoms. The fraction of sp³-hybridized carbons (Fsp3) is 0.231. The van der Waals surface area contributed by atoms with Crippen LogP contribution in [0.3, 0.4) is 0 Å². The number of carbonyl (C=O) groups excluding carboxylic acids is 2. The van der Waals surface area contributed by atoms with E-state index in [0.29, 0.717) is 11.1 Å². The van der Waals surface area contributed by atoms with Gasteiger partial charge in [-0.2, -0.15) is 0 Å². The van der Waals surface area contributed by atoms with E-state index in [1.165, 1.54) is 0 Å². The predicted molar refractivity (Wildman–Crippen MR) is 125 cm³/mol. The Hall–Kier alpha value is -3.44. The van der Waals surface area contributed by atoms with Crippen LogP contribution in [0.2, 0.25) is 0 Å². The molecular weight excluding hydrogens is 388 g/mol. The van der Waals surface area contributed by atoms with Crippen molar-refractivity contribution in [1.82, 2.24) is 5.32 Å². The molecule has 5 nitrogen and oxygen atoms in total. The predicted octanol–water partition coefficient (Wildman–Crippen LogP) is 4.97. The van der Waals surface area contributed by atoms with E-state index in [9.17, 15) is 9.59 Å². The van der Waals surface area contributed by atoms with E-state index in [-0.39, 0.29) is 11.7 Å². The van der Waals surface area contributed by atoms with Crippen molar-refractivity contribution in [2.75, 3.05) is 26.0 Å². The van der Waals surface area contributed by atoms with Gasteiger partial charge in [-0.1, -0.05) is 36.4 Å². The van der Waals surface area contributed by atoms with Gasteiger partial charge in [0.15, 0.2) is 5.78 Å². The number of nitrogens with one attached hydrogen (secondary N) is 2. The first-order valence-corrected chi connectivity index (χ1v) is 10.4. The number of hydrogen-bond donors (Lipinski definition) is 2. The van der Waals surface area contributed by atoms with Crippen LogP contribution in [0.1, 0.15) is 39.6 Å². The molecule has 5 heteroatoms. The first-order valence-electron chi connectivity index (χ1n) is 10.4. The molecule has 0 unspecified atom stereocenters. The van der Waals surface area contributed by atoms with Gasteiger partial charge in [0, 0.05) is 16.8 Å². The monoisotopic (exact) mass is 416 g/mol. The lowest BCUT2D eigenvalue weighted by Gasteiger charge is -2.12. The lowest BCUT2D eigenvalue weighted by atomic mass is 10.0. The molecule has 160 valence electrons. The normalized spacial score (nSPS) is 10.5. The van der Waals surface area contributed by atoms with E-state index >= 15 is 0 Å². The molecule has 0 fully saturated rings. The fourth-order valence-electron chi connectivity index (χ4n) is 3.42. The van der Waals surface area contributed by atoms with Gasteiger partial charge >= 0.3 is 0 Å². The maximum Gasteiger partial charge on any atom is 0.255 e. The van der Waals surface area contributed by atoms with Gasteiger partial charge in [0.1, 0.15) is 5.75 Å². The number of Topliss-reactive ketones (excluding diaryl/α,β-unsaturated/α-hetero) is 1. The topological polar surface area (TPSA) is 67.4 Å². The summed E-state index contributed by atoms with van der Waals surface area (Å²) in [5, 5.41) is 6.09. The number of ether oxygens (including phenoxy) is 1. The van der Waals surface area contributed by atoms with Crippen LogP contribution < -0.4 is 15.4 Å². The van der Waals surface area contributed by atoms with Crippen LogP contribution in [-0.2, 0) is 6.42 Å². The third-order valence-electron chi connectivity index (χ3n) is 5.18. The third kappa shape index (κ3) is 5.80. The molecule has 31 heavy (non-hydrogen) atoms. The quantitative estimate of drug-likeness (QED) is 0.382. The Morgan fingerprint density at radius 2 is 1.48 bits per heavy atom. The van der Waals surface area contributed by atoms with Crippen molar-refractivity contribution in [3.8, 4) is 16.9 Å². The van der Waals surface area contributed by atoms with Crippen LogP contribution in [0.4, 0.5) is 5.69 Å². The highest BCUT2D eigenvalue weighted by atomic mass is 16.5. The van der Waals surface area contributed by atoms with Crippen molar-refractivity contribution >= 4 is 17.4 Å². The molecule has 3 aromatic carbocycles. The Labute approximate surface area is 183 Å². The van der Waals surface area contributed by atoms with Gasteiger partial charge < -0.3 is 15.4 Å². The molecule has 0 atom stereocenters. The van der Waals surface area contributed by atoms with E-state index in [1.807, 2.05) is 67.7 Å². The van der Waals surface area contributed by atoms with E-state index in [1.54, 1.807) is 20.1 Å². The average Bonchev–Trinajstić information content (AvgIpc) is 2.79. The van der Waals surface area contributed by atoms with Crippen molar-refractivity contribution in [3.05, 3.63) is 83.4 Å². The zero-order valence-corrected chi connectivity index (χ0v) is 18.2. The van der Waals surface area contributed by atoms with E-state index in [2.05, 4.69) is 10.6 Å². The van der Waals surface area contributed by atoms with Gasteiger partial charge in [0.05, 0.1) is 7.11 Å². The SMILES string of the molecule is CNCCCc1cc(C(=O)Nc2ccc(-c3ccc(C(C)=O)cc3)cc2)ccc1OC. The summed E-state index contributed by atoms with van der Waals surface area (Å²) in [6.07, 6.45) is 1.80. The van der Waals surface area contributed by atoms with Crippen LogP contribution in [0, 0.1) is 0 Å². The van der Waals surface area contributed by atoms with Crippen molar-refractivity contribution in [3.63, 3.8) is 0 Å². The minimum atomic E-state index is -0.156. The summed E-state index contributed by atoms with van der Waals surface area (Å²) in [7, 11) is 3.57. The Morgan fingerprint density at radius 1 is 0.871 bits per heavy atom. The Balaban J connectivity index is 1.70. The van der Waals surface area contributed by atoms with Gasteiger partial charge in [-0.05, 0) is 80.4 Å². The molecular formula is C26H28N2O3. The Kier molecular flexibility index (Phi) is 7.57. The summed E-state index contributed by atoms with van der Waals surface area (Å²) in [4.78, 5) is 24.2. The Morgan fingerprint density at radius 3 is 2.06 bits per heavy atom. The van der Waals surface area contributed by atoms with Gasteiger partial charge in [-0.3, -0.25) is 9.59 Å². The first kappa shape index (κ1) is 22.2. The molecule has 0 aromatic heterocycles. The molecule has 0 saturated carbocycles. The van der Waals surface area contributed by atoms with Gasteiger partial charge in [0.2, 0.25) is 0 Å². The van der Waals surface area contributed by atoms with Crippen LogP contribution in [0.15, 0.2) is 66.7 Å². The number of benzene rings is 3. The minimum Gasteiger partial charge on any atom is -0.496 e. The molecule has 1 amide bonds. The second kappa shape index (κ2) is 10.5. The second-order valence-electron chi connectivity index (χ2n) is 7.40. The maximum atomic E-state index is 12.8. The molecule has 0 radical (unpaired) electrons. The Bertz CT molecular complexity index is 1040. The second-order valence-corrected chi connectivity index (χ2v) is 7.40. The molecule has 0 heterocycles. The van der Waals surface area contributed by atoms with Crippen molar-refractivity contribution in [2.24, 2.45) is 0 Å². The van der Waals surface area contributed by atoms with Crippen molar-refractivity contribution < 1.29 is 14.3 Å². The summed E-state index contributed by atoms with van der Waals surface area (Å²) in [6, 6.07) is 20.7. The van der Waals surface area contributed by atoms with Crippen molar-refractivity contribution in [2.45, 2.75) is 19.8 Å². The van der Waals surface area contributed by atoms with E-state index < -0.39 is 0 Å². The molecule has 0 aliphatic rings. The van der Waals surface area contributed by atoms with E-state index in [0.717, 1.165) is 47.5 Å². The first-order chi connectivity index (χ1) is 15.0. The van der Waals surface area contributed by atoms with E-state index in [4.69, 9.17) is 4.74 Å². The number of aryl methyl sites for hydroxylation is 1. The fourth-order valence-corrected chi connectivity index (χ4v) is 3.42. The number of ketones is 1. The molecule has 0 saturated heterocycles. The summed E-state index contributed by atoms with van der Waals surface area (Å²) < 4.78 is 5.43. The third-order valence-corrected chi connectivity index (χ3v) is 5.18. The van der Waals surface area contributed by atoms with Gasteiger partial charge in [-0.15, -0.1) is 0 Å². The van der Waals surface area contributed by atoms with Gasteiger partial charge in [0.25, 0.3) is 5.91 Å².